The third-order valence-corrected chi connectivity index (χ3v) is 4.38. The largest absolute Gasteiger partial charge is 0.394 e. The Labute approximate surface area is 123 Å². The molecule has 0 bridgehead atoms. The van der Waals surface area contributed by atoms with Crippen LogP contribution in [-0.4, -0.2) is 60.8 Å². The number of carbonyl (C=O) groups is 1. The quantitative estimate of drug-likeness (QED) is 0.734. The zero-order valence-corrected chi connectivity index (χ0v) is 12.7. The summed E-state index contributed by atoms with van der Waals surface area (Å²) in [6, 6.07) is 1.10. The molecule has 1 saturated heterocycles. The summed E-state index contributed by atoms with van der Waals surface area (Å²) < 4.78 is 29.5. The standard InChI is InChI=1S/C12H19N3O5S/c1-8-7-20-9(6-16)4-15(8)12(17)11-3-10(5-14(11)2)21(13,18)19/h3,5,8-9,16H,4,6-7H2,1-2H3,(H2,13,18,19). The first-order valence-electron chi connectivity index (χ1n) is 6.46. The third kappa shape index (κ3) is 3.26. The lowest BCUT2D eigenvalue weighted by Gasteiger charge is -2.37. The van der Waals surface area contributed by atoms with E-state index in [9.17, 15) is 13.2 Å². The molecular formula is C12H19N3O5S. The van der Waals surface area contributed by atoms with Gasteiger partial charge in [0.2, 0.25) is 10.0 Å². The van der Waals surface area contributed by atoms with Gasteiger partial charge in [-0.05, 0) is 13.0 Å². The van der Waals surface area contributed by atoms with Crippen LogP contribution in [0.15, 0.2) is 17.2 Å². The van der Waals surface area contributed by atoms with Crippen molar-refractivity contribution in [3.05, 3.63) is 18.0 Å². The molecule has 3 N–H and O–H groups in total. The highest BCUT2D eigenvalue weighted by atomic mass is 32.2. The van der Waals surface area contributed by atoms with E-state index in [-0.39, 0.29) is 35.7 Å². The van der Waals surface area contributed by atoms with Crippen LogP contribution in [-0.2, 0) is 21.8 Å². The molecule has 1 aromatic rings. The van der Waals surface area contributed by atoms with Crippen LogP contribution in [0.5, 0.6) is 0 Å². The fourth-order valence-electron chi connectivity index (χ4n) is 2.26. The van der Waals surface area contributed by atoms with Crippen molar-refractivity contribution in [3.8, 4) is 0 Å². The second kappa shape index (κ2) is 5.76. The molecule has 21 heavy (non-hydrogen) atoms. The maximum absolute atomic E-state index is 12.6. The minimum Gasteiger partial charge on any atom is -0.394 e. The second-order valence-corrected chi connectivity index (χ2v) is 6.72. The van der Waals surface area contributed by atoms with Gasteiger partial charge in [-0.2, -0.15) is 0 Å². The molecule has 1 aliphatic rings. The van der Waals surface area contributed by atoms with E-state index < -0.39 is 16.1 Å². The van der Waals surface area contributed by atoms with Crippen molar-refractivity contribution in [2.75, 3.05) is 19.8 Å². The van der Waals surface area contributed by atoms with E-state index in [0.717, 1.165) is 0 Å². The highest BCUT2D eigenvalue weighted by molar-refractivity contribution is 7.89. The van der Waals surface area contributed by atoms with Crippen LogP contribution in [0.25, 0.3) is 0 Å². The van der Waals surface area contributed by atoms with Crippen LogP contribution < -0.4 is 5.14 Å². The van der Waals surface area contributed by atoms with Crippen LogP contribution in [0.4, 0.5) is 0 Å². The van der Waals surface area contributed by atoms with E-state index in [4.69, 9.17) is 15.0 Å². The van der Waals surface area contributed by atoms with Crippen molar-refractivity contribution in [3.63, 3.8) is 0 Å². The van der Waals surface area contributed by atoms with E-state index in [2.05, 4.69) is 0 Å². The van der Waals surface area contributed by atoms with Crippen LogP contribution in [0.1, 0.15) is 17.4 Å². The molecule has 1 aliphatic heterocycles. The Balaban J connectivity index is 2.29. The number of nitrogens with zero attached hydrogens (tertiary/aromatic N) is 2. The van der Waals surface area contributed by atoms with Crippen LogP contribution in [0, 0.1) is 0 Å². The number of nitrogens with two attached hydrogens (primary N) is 1. The van der Waals surface area contributed by atoms with Gasteiger partial charge in [0.15, 0.2) is 0 Å². The highest BCUT2D eigenvalue weighted by Gasteiger charge is 2.31. The number of rotatable bonds is 3. The first kappa shape index (κ1) is 16.0. The molecule has 0 saturated carbocycles. The van der Waals surface area contributed by atoms with Gasteiger partial charge in [-0.1, -0.05) is 0 Å². The SMILES string of the molecule is CC1COC(CO)CN1C(=O)c1cc(S(N)(=O)=O)cn1C. The molecule has 1 aromatic heterocycles. The van der Waals surface area contributed by atoms with Gasteiger partial charge in [0.25, 0.3) is 5.91 Å². The van der Waals surface area contributed by atoms with Gasteiger partial charge in [-0.25, -0.2) is 13.6 Å². The Bertz CT molecular complexity index is 639. The minimum atomic E-state index is -3.85. The number of aliphatic hydroxyl groups is 1. The van der Waals surface area contributed by atoms with Crippen molar-refractivity contribution < 1.29 is 23.1 Å². The predicted molar refractivity (Wildman–Crippen MR) is 74.1 cm³/mol. The molecule has 2 unspecified atom stereocenters. The fraction of sp³-hybridized carbons (Fsp3) is 0.583. The molecule has 8 nitrogen and oxygen atoms in total. The Morgan fingerprint density at radius 2 is 2.24 bits per heavy atom. The van der Waals surface area contributed by atoms with Gasteiger partial charge in [0.05, 0.1) is 25.4 Å². The number of hydrogen-bond donors (Lipinski definition) is 2. The van der Waals surface area contributed by atoms with Crippen molar-refractivity contribution in [2.24, 2.45) is 12.2 Å². The molecule has 2 heterocycles. The average molecular weight is 317 g/mol. The first-order chi connectivity index (χ1) is 9.74. The smallest absolute Gasteiger partial charge is 0.270 e. The topological polar surface area (TPSA) is 115 Å². The maximum atomic E-state index is 12.6. The van der Waals surface area contributed by atoms with Gasteiger partial charge in [-0.15, -0.1) is 0 Å². The number of aryl methyl sites for hydroxylation is 1. The number of morpholine rings is 1. The average Bonchev–Trinajstić information content (AvgIpc) is 2.80. The molecule has 0 aliphatic carbocycles. The number of aliphatic hydroxyl groups excluding tert-OH is 1. The van der Waals surface area contributed by atoms with Gasteiger partial charge < -0.3 is 19.3 Å². The highest BCUT2D eigenvalue weighted by Crippen LogP contribution is 2.18. The van der Waals surface area contributed by atoms with Crippen molar-refractivity contribution in [2.45, 2.75) is 24.0 Å². The van der Waals surface area contributed by atoms with Gasteiger partial charge in [0, 0.05) is 19.8 Å². The zero-order valence-electron chi connectivity index (χ0n) is 11.9. The lowest BCUT2D eigenvalue weighted by atomic mass is 10.2. The number of sulfonamides is 1. The molecule has 1 fully saturated rings. The maximum Gasteiger partial charge on any atom is 0.270 e. The first-order valence-corrected chi connectivity index (χ1v) is 8.01. The van der Waals surface area contributed by atoms with Gasteiger partial charge in [0.1, 0.15) is 10.6 Å². The van der Waals surface area contributed by atoms with E-state index in [1.165, 1.54) is 16.8 Å². The number of primary sulfonamides is 1. The normalized spacial score (nSPS) is 23.3. The molecular weight excluding hydrogens is 298 g/mol. The number of ether oxygens (including phenoxy) is 1. The Kier molecular flexibility index (Phi) is 4.38. The summed E-state index contributed by atoms with van der Waals surface area (Å²) >= 11 is 0. The van der Waals surface area contributed by atoms with Crippen LogP contribution >= 0.6 is 0 Å². The van der Waals surface area contributed by atoms with Crippen molar-refractivity contribution in [1.82, 2.24) is 9.47 Å². The Morgan fingerprint density at radius 3 is 2.76 bits per heavy atom. The summed E-state index contributed by atoms with van der Waals surface area (Å²) in [6.07, 6.45) is 0.875. The summed E-state index contributed by atoms with van der Waals surface area (Å²) in [4.78, 5) is 14.0. The lowest BCUT2D eigenvalue weighted by Crippen LogP contribution is -2.52. The van der Waals surface area contributed by atoms with E-state index in [1.807, 2.05) is 6.92 Å². The van der Waals surface area contributed by atoms with Gasteiger partial charge in [-0.3, -0.25) is 4.79 Å². The molecule has 0 radical (unpaired) electrons. The summed E-state index contributed by atoms with van der Waals surface area (Å²) in [5.74, 6) is -0.318. The number of amides is 1. The van der Waals surface area contributed by atoms with E-state index in [0.29, 0.717) is 6.61 Å². The number of hydrogen-bond acceptors (Lipinski definition) is 5. The van der Waals surface area contributed by atoms with E-state index >= 15 is 0 Å². The molecule has 0 aromatic carbocycles. The van der Waals surface area contributed by atoms with Crippen molar-refractivity contribution in [1.29, 1.82) is 0 Å². The predicted octanol–water partition coefficient (Wildman–Crippen LogP) is -1.11. The Morgan fingerprint density at radius 1 is 1.57 bits per heavy atom. The van der Waals surface area contributed by atoms with Gasteiger partial charge >= 0.3 is 0 Å². The zero-order chi connectivity index (χ0) is 15.8. The monoisotopic (exact) mass is 317 g/mol. The van der Waals surface area contributed by atoms with Crippen LogP contribution in [0.3, 0.4) is 0 Å². The molecule has 1 amide bonds. The number of carbonyl (C=O) groups excluding carboxylic acids is 1. The third-order valence-electron chi connectivity index (χ3n) is 3.50. The molecule has 2 rings (SSSR count). The molecule has 118 valence electrons. The Hall–Kier alpha value is -1.42. The summed E-state index contributed by atoms with van der Waals surface area (Å²) in [5.41, 5.74) is 0.226. The minimum absolute atomic E-state index is 0.104. The molecule has 2 atom stereocenters. The lowest BCUT2D eigenvalue weighted by molar-refractivity contribution is -0.0669. The molecule has 0 spiro atoms. The fourth-order valence-corrected chi connectivity index (χ4v) is 2.84. The second-order valence-electron chi connectivity index (χ2n) is 5.16. The van der Waals surface area contributed by atoms with Crippen molar-refractivity contribution >= 4 is 15.9 Å². The summed E-state index contributed by atoms with van der Waals surface area (Å²) in [5, 5.41) is 14.2. The number of aromatic nitrogens is 1. The van der Waals surface area contributed by atoms with E-state index in [1.54, 1.807) is 11.9 Å². The summed E-state index contributed by atoms with van der Waals surface area (Å²) in [7, 11) is -2.27. The summed E-state index contributed by atoms with van der Waals surface area (Å²) in [6.45, 7) is 2.23. The van der Waals surface area contributed by atoms with Crippen LogP contribution in [0.2, 0.25) is 0 Å². The molecule has 9 heteroatoms.